The average molecular weight is 188 g/mol. The molecule has 0 saturated carbocycles. The van der Waals surface area contributed by atoms with E-state index in [-0.39, 0.29) is 18.0 Å². The van der Waals surface area contributed by atoms with Gasteiger partial charge in [0.25, 0.3) is 5.56 Å². The third-order valence-electron chi connectivity index (χ3n) is 1.84. The van der Waals surface area contributed by atoms with E-state index in [1.807, 2.05) is 0 Å². The second-order valence-electron chi connectivity index (χ2n) is 2.77. The number of aromatic hydroxyl groups is 1. The lowest BCUT2D eigenvalue weighted by atomic mass is 10.2. The van der Waals surface area contributed by atoms with Crippen LogP contribution in [0.2, 0.25) is 0 Å². The summed E-state index contributed by atoms with van der Waals surface area (Å²) in [5.74, 6) is 2.01. The number of aromatic nitrogens is 1. The lowest BCUT2D eigenvalue weighted by molar-refractivity contribution is 0.417. The van der Waals surface area contributed by atoms with Crippen LogP contribution < -0.4 is 5.56 Å². The first-order valence-electron chi connectivity index (χ1n) is 3.88. The molecular formula is C10H8N2O2. The molecule has 0 saturated heterocycles. The molecule has 14 heavy (non-hydrogen) atoms. The SMILES string of the molecule is C#CCn1c(O)cc(C)c(C#N)c1=O. The van der Waals surface area contributed by atoms with Crippen molar-refractivity contribution in [3.63, 3.8) is 0 Å². The Morgan fingerprint density at radius 3 is 2.86 bits per heavy atom. The van der Waals surface area contributed by atoms with Crippen molar-refractivity contribution >= 4 is 0 Å². The van der Waals surface area contributed by atoms with Crippen LogP contribution in [0.15, 0.2) is 10.9 Å². The molecule has 1 N–H and O–H groups in total. The lowest BCUT2D eigenvalue weighted by Crippen LogP contribution is -2.23. The normalized spacial score (nSPS) is 9.07. The van der Waals surface area contributed by atoms with E-state index in [0.717, 1.165) is 4.57 Å². The molecule has 0 unspecified atom stereocenters. The number of nitrogens with zero attached hydrogens (tertiary/aromatic N) is 2. The van der Waals surface area contributed by atoms with E-state index in [1.165, 1.54) is 6.07 Å². The van der Waals surface area contributed by atoms with Gasteiger partial charge in [-0.25, -0.2) is 0 Å². The van der Waals surface area contributed by atoms with Crippen molar-refractivity contribution in [2.75, 3.05) is 0 Å². The van der Waals surface area contributed by atoms with Crippen molar-refractivity contribution in [3.8, 4) is 24.3 Å². The van der Waals surface area contributed by atoms with Gasteiger partial charge in [0.1, 0.15) is 11.6 Å². The van der Waals surface area contributed by atoms with E-state index in [2.05, 4.69) is 5.92 Å². The molecular weight excluding hydrogens is 180 g/mol. The highest BCUT2D eigenvalue weighted by molar-refractivity contribution is 5.37. The molecule has 1 heterocycles. The molecule has 0 aliphatic heterocycles. The Hall–Kier alpha value is -2.20. The number of aryl methyl sites for hydroxylation is 1. The number of hydrogen-bond donors (Lipinski definition) is 1. The van der Waals surface area contributed by atoms with Gasteiger partial charge in [-0.1, -0.05) is 5.92 Å². The maximum Gasteiger partial charge on any atom is 0.272 e. The molecule has 0 radical (unpaired) electrons. The molecule has 1 aromatic heterocycles. The Morgan fingerprint density at radius 1 is 1.71 bits per heavy atom. The van der Waals surface area contributed by atoms with Gasteiger partial charge in [-0.05, 0) is 12.5 Å². The van der Waals surface area contributed by atoms with Gasteiger partial charge >= 0.3 is 0 Å². The zero-order valence-electron chi connectivity index (χ0n) is 7.61. The summed E-state index contributed by atoms with van der Waals surface area (Å²) < 4.78 is 0.978. The fourth-order valence-corrected chi connectivity index (χ4v) is 1.13. The Morgan fingerprint density at radius 2 is 2.36 bits per heavy atom. The van der Waals surface area contributed by atoms with Crippen LogP contribution in [0.4, 0.5) is 0 Å². The van der Waals surface area contributed by atoms with Crippen LogP contribution in [0.5, 0.6) is 5.88 Å². The summed E-state index contributed by atoms with van der Waals surface area (Å²) in [6.45, 7) is 1.54. The van der Waals surface area contributed by atoms with E-state index >= 15 is 0 Å². The van der Waals surface area contributed by atoms with Crippen molar-refractivity contribution < 1.29 is 5.11 Å². The van der Waals surface area contributed by atoms with Gasteiger partial charge in [0.05, 0.1) is 6.54 Å². The van der Waals surface area contributed by atoms with Crippen molar-refractivity contribution in [1.82, 2.24) is 4.57 Å². The molecule has 0 aromatic carbocycles. The van der Waals surface area contributed by atoms with E-state index in [0.29, 0.717) is 5.56 Å². The van der Waals surface area contributed by atoms with Gasteiger partial charge in [0, 0.05) is 6.07 Å². The van der Waals surface area contributed by atoms with Crippen LogP contribution in [0.3, 0.4) is 0 Å². The van der Waals surface area contributed by atoms with Crippen molar-refractivity contribution in [1.29, 1.82) is 5.26 Å². The molecule has 0 bridgehead atoms. The average Bonchev–Trinajstić information content (AvgIpc) is 2.12. The van der Waals surface area contributed by atoms with Gasteiger partial charge in [0.2, 0.25) is 0 Å². The molecule has 1 rings (SSSR count). The summed E-state index contributed by atoms with van der Waals surface area (Å²) in [6.07, 6.45) is 5.02. The molecule has 0 amide bonds. The first-order valence-corrected chi connectivity index (χ1v) is 3.88. The Bertz CT molecular complexity index is 501. The van der Waals surface area contributed by atoms with Crippen LogP contribution in [0.1, 0.15) is 11.1 Å². The topological polar surface area (TPSA) is 66.0 Å². The molecule has 1 aromatic rings. The Kier molecular flexibility index (Phi) is 2.59. The van der Waals surface area contributed by atoms with Crippen LogP contribution in [-0.4, -0.2) is 9.67 Å². The zero-order valence-corrected chi connectivity index (χ0v) is 7.61. The van der Waals surface area contributed by atoms with E-state index in [9.17, 15) is 9.90 Å². The standard InChI is InChI=1S/C10H8N2O2/c1-3-4-12-9(13)5-7(2)8(6-11)10(12)14/h1,5,13H,4H2,2H3. The van der Waals surface area contributed by atoms with Gasteiger partial charge in [0.15, 0.2) is 5.88 Å². The number of rotatable bonds is 1. The Balaban J connectivity index is 3.56. The fraction of sp³-hybridized carbons (Fsp3) is 0.200. The van der Waals surface area contributed by atoms with E-state index in [1.54, 1.807) is 13.0 Å². The molecule has 0 aliphatic carbocycles. The molecule has 0 fully saturated rings. The minimum atomic E-state index is -0.553. The van der Waals surface area contributed by atoms with Crippen LogP contribution >= 0.6 is 0 Å². The maximum atomic E-state index is 11.5. The van der Waals surface area contributed by atoms with Crippen LogP contribution in [0, 0.1) is 30.6 Å². The predicted molar refractivity (Wildman–Crippen MR) is 50.7 cm³/mol. The number of hydrogen-bond acceptors (Lipinski definition) is 3. The lowest BCUT2D eigenvalue weighted by Gasteiger charge is -2.06. The summed E-state index contributed by atoms with van der Waals surface area (Å²) in [7, 11) is 0. The highest BCUT2D eigenvalue weighted by Gasteiger charge is 2.10. The quantitative estimate of drug-likeness (QED) is 0.647. The second kappa shape index (κ2) is 3.68. The molecule has 0 spiro atoms. The number of terminal acetylenes is 1. The van der Waals surface area contributed by atoms with E-state index < -0.39 is 5.56 Å². The van der Waals surface area contributed by atoms with Gasteiger partial charge in [-0.3, -0.25) is 9.36 Å². The summed E-state index contributed by atoms with van der Waals surface area (Å²) in [6, 6.07) is 3.12. The molecule has 70 valence electrons. The van der Waals surface area contributed by atoms with Crippen LogP contribution in [0.25, 0.3) is 0 Å². The number of pyridine rings is 1. The first kappa shape index (κ1) is 9.88. The summed E-state index contributed by atoms with van der Waals surface area (Å²) >= 11 is 0. The molecule has 4 nitrogen and oxygen atoms in total. The summed E-state index contributed by atoms with van der Waals surface area (Å²) in [5, 5.41) is 18.1. The third-order valence-corrected chi connectivity index (χ3v) is 1.84. The van der Waals surface area contributed by atoms with Gasteiger partial charge in [-0.2, -0.15) is 5.26 Å². The largest absolute Gasteiger partial charge is 0.494 e. The monoisotopic (exact) mass is 188 g/mol. The third kappa shape index (κ3) is 1.46. The zero-order chi connectivity index (χ0) is 10.7. The van der Waals surface area contributed by atoms with Crippen LogP contribution in [-0.2, 0) is 6.54 Å². The smallest absolute Gasteiger partial charge is 0.272 e. The summed E-state index contributed by atoms with van der Waals surface area (Å²) in [5.41, 5.74) is -0.0933. The molecule has 0 aliphatic rings. The van der Waals surface area contributed by atoms with Gasteiger partial charge in [-0.15, -0.1) is 6.42 Å². The van der Waals surface area contributed by atoms with Crippen molar-refractivity contribution in [3.05, 3.63) is 27.5 Å². The minimum Gasteiger partial charge on any atom is -0.494 e. The highest BCUT2D eigenvalue weighted by Crippen LogP contribution is 2.11. The molecule has 0 atom stereocenters. The first-order chi connectivity index (χ1) is 6.61. The maximum absolute atomic E-state index is 11.5. The molecule has 4 heteroatoms. The highest BCUT2D eigenvalue weighted by atomic mass is 16.3. The second-order valence-corrected chi connectivity index (χ2v) is 2.77. The summed E-state index contributed by atoms with van der Waals surface area (Å²) in [4.78, 5) is 11.5. The number of nitriles is 1. The van der Waals surface area contributed by atoms with Crippen molar-refractivity contribution in [2.45, 2.75) is 13.5 Å². The Labute approximate surface area is 81.0 Å². The minimum absolute atomic E-state index is 0.0121. The predicted octanol–water partition coefficient (Wildman–Crippen LogP) is 0.367. The van der Waals surface area contributed by atoms with Crippen molar-refractivity contribution in [2.24, 2.45) is 0 Å². The van der Waals surface area contributed by atoms with Gasteiger partial charge < -0.3 is 5.11 Å². The fourth-order valence-electron chi connectivity index (χ4n) is 1.13. The van der Waals surface area contributed by atoms with E-state index in [4.69, 9.17) is 11.7 Å².